The molecule has 18 heavy (non-hydrogen) atoms. The van der Waals surface area contributed by atoms with Gasteiger partial charge in [0.1, 0.15) is 0 Å². The molecule has 0 amide bonds. The smallest absolute Gasteiger partial charge is 0.0899 e. The Labute approximate surface area is 114 Å². The highest BCUT2D eigenvalue weighted by Gasteiger charge is 2.43. The molecule has 0 aromatic carbocycles. The SMILES string of the molecule is CCOC1(C(NN)c2cccs2)CCCC(C)C1. The molecular formula is C14H24N2OS. The van der Waals surface area contributed by atoms with E-state index >= 15 is 0 Å². The highest BCUT2D eigenvalue weighted by molar-refractivity contribution is 7.10. The van der Waals surface area contributed by atoms with Gasteiger partial charge in [0.2, 0.25) is 0 Å². The van der Waals surface area contributed by atoms with Crippen molar-refractivity contribution in [3.8, 4) is 0 Å². The fraction of sp³-hybridized carbons (Fsp3) is 0.714. The van der Waals surface area contributed by atoms with Crippen LogP contribution in [0.15, 0.2) is 17.5 Å². The van der Waals surface area contributed by atoms with Crippen molar-refractivity contribution >= 4 is 11.3 Å². The zero-order valence-corrected chi connectivity index (χ0v) is 12.1. The minimum Gasteiger partial charge on any atom is -0.373 e. The van der Waals surface area contributed by atoms with E-state index in [0.29, 0.717) is 5.92 Å². The van der Waals surface area contributed by atoms with E-state index in [9.17, 15) is 0 Å². The van der Waals surface area contributed by atoms with Crippen LogP contribution in [0.3, 0.4) is 0 Å². The predicted molar refractivity (Wildman–Crippen MR) is 76.4 cm³/mol. The van der Waals surface area contributed by atoms with Gasteiger partial charge in [0.25, 0.3) is 0 Å². The largest absolute Gasteiger partial charge is 0.373 e. The average Bonchev–Trinajstić information content (AvgIpc) is 2.84. The van der Waals surface area contributed by atoms with Gasteiger partial charge < -0.3 is 4.74 Å². The predicted octanol–water partition coefficient (Wildman–Crippen LogP) is 3.24. The third-order valence-electron chi connectivity index (χ3n) is 3.94. The van der Waals surface area contributed by atoms with Crippen molar-refractivity contribution in [1.82, 2.24) is 5.43 Å². The lowest BCUT2D eigenvalue weighted by Gasteiger charge is -2.44. The molecule has 0 radical (unpaired) electrons. The summed E-state index contributed by atoms with van der Waals surface area (Å²) in [6.07, 6.45) is 4.72. The second-order valence-electron chi connectivity index (χ2n) is 5.31. The van der Waals surface area contributed by atoms with E-state index in [1.807, 2.05) is 0 Å². The van der Waals surface area contributed by atoms with Crippen molar-refractivity contribution in [1.29, 1.82) is 0 Å². The van der Waals surface area contributed by atoms with Gasteiger partial charge in [-0.1, -0.05) is 25.8 Å². The van der Waals surface area contributed by atoms with Gasteiger partial charge in [0, 0.05) is 11.5 Å². The summed E-state index contributed by atoms with van der Waals surface area (Å²) in [6.45, 7) is 5.13. The highest BCUT2D eigenvalue weighted by atomic mass is 32.1. The summed E-state index contributed by atoms with van der Waals surface area (Å²) in [4.78, 5) is 1.28. The van der Waals surface area contributed by atoms with Crippen molar-refractivity contribution < 1.29 is 4.74 Å². The van der Waals surface area contributed by atoms with Crippen LogP contribution in [0.2, 0.25) is 0 Å². The Morgan fingerprint density at radius 1 is 1.67 bits per heavy atom. The molecule has 1 aromatic rings. The van der Waals surface area contributed by atoms with E-state index in [1.165, 1.54) is 17.7 Å². The second kappa shape index (κ2) is 6.15. The molecule has 3 unspecified atom stereocenters. The number of hydrogen-bond donors (Lipinski definition) is 2. The molecule has 0 spiro atoms. The van der Waals surface area contributed by atoms with E-state index in [2.05, 4.69) is 36.8 Å². The molecule has 1 aliphatic carbocycles. The van der Waals surface area contributed by atoms with Gasteiger partial charge in [-0.3, -0.25) is 5.84 Å². The Kier molecular flexibility index (Phi) is 4.78. The van der Waals surface area contributed by atoms with Crippen molar-refractivity contribution in [2.45, 2.75) is 51.2 Å². The Hall–Kier alpha value is -0.420. The van der Waals surface area contributed by atoms with Gasteiger partial charge in [-0.15, -0.1) is 11.3 Å². The number of hydrogen-bond acceptors (Lipinski definition) is 4. The lowest BCUT2D eigenvalue weighted by Crippen LogP contribution is -2.50. The van der Waals surface area contributed by atoms with Crippen LogP contribution in [0.4, 0.5) is 0 Å². The summed E-state index contributed by atoms with van der Waals surface area (Å²) in [5.74, 6) is 6.54. The van der Waals surface area contributed by atoms with E-state index in [1.54, 1.807) is 11.3 Å². The first kappa shape index (κ1) is 14.0. The van der Waals surface area contributed by atoms with Crippen molar-refractivity contribution in [2.75, 3.05) is 6.61 Å². The van der Waals surface area contributed by atoms with Gasteiger partial charge in [-0.05, 0) is 37.1 Å². The molecular weight excluding hydrogens is 244 g/mol. The minimum atomic E-state index is -0.133. The van der Waals surface area contributed by atoms with Gasteiger partial charge in [0.15, 0.2) is 0 Å². The molecule has 1 heterocycles. The number of thiophene rings is 1. The molecule has 0 aliphatic heterocycles. The van der Waals surface area contributed by atoms with E-state index < -0.39 is 0 Å². The molecule has 3 nitrogen and oxygen atoms in total. The average molecular weight is 268 g/mol. The summed E-state index contributed by atoms with van der Waals surface area (Å²) in [5, 5.41) is 2.10. The van der Waals surface area contributed by atoms with Crippen molar-refractivity contribution in [2.24, 2.45) is 11.8 Å². The third-order valence-corrected chi connectivity index (χ3v) is 4.88. The minimum absolute atomic E-state index is 0.111. The maximum Gasteiger partial charge on any atom is 0.0899 e. The number of hydrazine groups is 1. The lowest BCUT2D eigenvalue weighted by atomic mass is 9.74. The highest BCUT2D eigenvalue weighted by Crippen LogP contribution is 2.44. The van der Waals surface area contributed by atoms with Crippen LogP contribution >= 0.6 is 11.3 Å². The zero-order valence-electron chi connectivity index (χ0n) is 11.3. The summed E-state index contributed by atoms with van der Waals surface area (Å²) in [5.41, 5.74) is 2.87. The maximum atomic E-state index is 6.18. The van der Waals surface area contributed by atoms with Crippen LogP contribution in [0.1, 0.15) is 50.4 Å². The monoisotopic (exact) mass is 268 g/mol. The molecule has 1 saturated carbocycles. The zero-order chi connectivity index (χ0) is 13.0. The first-order valence-electron chi connectivity index (χ1n) is 6.85. The molecule has 3 N–H and O–H groups in total. The fourth-order valence-electron chi connectivity index (χ4n) is 3.26. The normalized spacial score (nSPS) is 30.3. The fourth-order valence-corrected chi connectivity index (χ4v) is 4.15. The standard InChI is InChI=1S/C14H24N2OS/c1-3-17-14(8-4-6-11(2)10-14)13(16-15)12-7-5-9-18-12/h5,7,9,11,13,16H,3-4,6,8,10,15H2,1-2H3. The summed E-state index contributed by atoms with van der Waals surface area (Å²) in [7, 11) is 0. The molecule has 102 valence electrons. The molecule has 1 aliphatic rings. The maximum absolute atomic E-state index is 6.18. The van der Waals surface area contributed by atoms with Gasteiger partial charge in [-0.25, -0.2) is 5.43 Å². The van der Waals surface area contributed by atoms with Crippen LogP contribution in [0, 0.1) is 5.92 Å². The van der Waals surface area contributed by atoms with Crippen LogP contribution < -0.4 is 11.3 Å². The topological polar surface area (TPSA) is 47.3 Å². The van der Waals surface area contributed by atoms with Crippen LogP contribution in [0.5, 0.6) is 0 Å². The Bertz CT molecular complexity index is 351. The van der Waals surface area contributed by atoms with E-state index in [4.69, 9.17) is 10.6 Å². The molecule has 0 bridgehead atoms. The molecule has 3 atom stereocenters. The van der Waals surface area contributed by atoms with Crippen molar-refractivity contribution in [3.05, 3.63) is 22.4 Å². The van der Waals surface area contributed by atoms with Crippen LogP contribution in [-0.4, -0.2) is 12.2 Å². The van der Waals surface area contributed by atoms with E-state index in [0.717, 1.165) is 19.4 Å². The van der Waals surface area contributed by atoms with Crippen molar-refractivity contribution in [3.63, 3.8) is 0 Å². The first-order chi connectivity index (χ1) is 8.72. The van der Waals surface area contributed by atoms with E-state index in [-0.39, 0.29) is 11.6 Å². The number of rotatable bonds is 5. The third kappa shape index (κ3) is 2.77. The molecule has 1 fully saturated rings. The molecule has 0 saturated heterocycles. The van der Waals surface area contributed by atoms with Crippen LogP contribution in [0.25, 0.3) is 0 Å². The van der Waals surface area contributed by atoms with Gasteiger partial charge in [-0.2, -0.15) is 0 Å². The summed E-state index contributed by atoms with van der Waals surface area (Å²) < 4.78 is 6.18. The number of ether oxygens (including phenoxy) is 1. The Balaban J connectivity index is 2.26. The first-order valence-corrected chi connectivity index (χ1v) is 7.73. The van der Waals surface area contributed by atoms with Gasteiger partial charge in [0.05, 0.1) is 11.6 Å². The number of nitrogens with two attached hydrogens (primary N) is 1. The van der Waals surface area contributed by atoms with Crippen LogP contribution in [-0.2, 0) is 4.74 Å². The second-order valence-corrected chi connectivity index (χ2v) is 6.29. The summed E-state index contributed by atoms with van der Waals surface area (Å²) in [6, 6.07) is 4.34. The number of nitrogens with one attached hydrogen (secondary N) is 1. The Morgan fingerprint density at radius 3 is 3.06 bits per heavy atom. The Morgan fingerprint density at radius 2 is 2.50 bits per heavy atom. The quantitative estimate of drug-likeness (QED) is 0.636. The van der Waals surface area contributed by atoms with Gasteiger partial charge >= 0.3 is 0 Å². The molecule has 4 heteroatoms. The molecule has 1 aromatic heterocycles. The summed E-state index contributed by atoms with van der Waals surface area (Å²) >= 11 is 1.75. The lowest BCUT2D eigenvalue weighted by molar-refractivity contribution is -0.101. The molecule has 2 rings (SSSR count).